The maximum Gasteiger partial charge on any atom is 0.255 e. The molecular weight excluding hydrogens is 314 g/mol. The van der Waals surface area contributed by atoms with E-state index in [1.807, 2.05) is 6.92 Å². The molecule has 0 saturated heterocycles. The highest BCUT2D eigenvalue weighted by molar-refractivity contribution is 6.05. The van der Waals surface area contributed by atoms with Crippen LogP contribution in [0.15, 0.2) is 42.5 Å². The molecule has 6 heteroatoms. The number of hydrogen-bond donors (Lipinski definition) is 2. The summed E-state index contributed by atoms with van der Waals surface area (Å²) in [5.41, 5.74) is 0.599. The van der Waals surface area contributed by atoms with Crippen LogP contribution in [0.25, 0.3) is 0 Å². The highest BCUT2D eigenvalue weighted by Crippen LogP contribution is 2.16. The summed E-state index contributed by atoms with van der Waals surface area (Å²) in [6, 6.07) is 8.91. The van der Waals surface area contributed by atoms with Crippen LogP contribution in [0.2, 0.25) is 0 Å². The van der Waals surface area contributed by atoms with Gasteiger partial charge in [0.25, 0.3) is 11.8 Å². The molecule has 0 radical (unpaired) electrons. The molecule has 0 aromatic heterocycles. The minimum absolute atomic E-state index is 0.109. The molecule has 0 spiro atoms. The first-order chi connectivity index (χ1) is 11.5. The lowest BCUT2D eigenvalue weighted by molar-refractivity contribution is 0.0951. The van der Waals surface area contributed by atoms with E-state index in [4.69, 9.17) is 0 Å². The Morgan fingerprint density at radius 1 is 0.958 bits per heavy atom. The van der Waals surface area contributed by atoms with Crippen molar-refractivity contribution in [1.29, 1.82) is 0 Å². The van der Waals surface area contributed by atoms with Crippen molar-refractivity contribution in [2.75, 3.05) is 11.9 Å². The molecule has 0 saturated carbocycles. The number of benzene rings is 2. The summed E-state index contributed by atoms with van der Waals surface area (Å²) in [6.45, 7) is 2.63. The predicted octanol–water partition coefficient (Wildman–Crippen LogP) is 3.75. The number of nitrogens with one attached hydrogen (secondary N) is 2. The lowest BCUT2D eigenvalue weighted by Crippen LogP contribution is -2.24. The highest BCUT2D eigenvalue weighted by Gasteiger charge is 2.11. The number of rotatable bonds is 6. The maximum atomic E-state index is 13.5. The molecule has 0 unspecified atom stereocenters. The molecule has 2 amide bonds. The molecule has 0 heterocycles. The third kappa shape index (κ3) is 4.62. The summed E-state index contributed by atoms with van der Waals surface area (Å²) in [5.74, 6) is -2.32. The van der Waals surface area contributed by atoms with E-state index in [-0.39, 0.29) is 17.2 Å². The van der Waals surface area contributed by atoms with Crippen molar-refractivity contribution < 1.29 is 18.4 Å². The number of amides is 2. The van der Waals surface area contributed by atoms with Gasteiger partial charge in [-0.3, -0.25) is 9.59 Å². The summed E-state index contributed by atoms with van der Waals surface area (Å²) in [5, 5.41) is 5.14. The van der Waals surface area contributed by atoms with Gasteiger partial charge in [-0.2, -0.15) is 0 Å². The van der Waals surface area contributed by atoms with E-state index < -0.39 is 17.5 Å². The van der Waals surface area contributed by atoms with Crippen LogP contribution in [-0.2, 0) is 0 Å². The normalized spacial score (nSPS) is 10.3. The Morgan fingerprint density at radius 3 is 2.17 bits per heavy atom. The van der Waals surface area contributed by atoms with Gasteiger partial charge in [-0.25, -0.2) is 8.78 Å². The van der Waals surface area contributed by atoms with Crippen LogP contribution in [0.1, 0.15) is 40.5 Å². The van der Waals surface area contributed by atoms with Crippen LogP contribution in [-0.4, -0.2) is 18.4 Å². The zero-order valence-electron chi connectivity index (χ0n) is 13.2. The molecule has 0 aliphatic heterocycles. The van der Waals surface area contributed by atoms with Crippen LogP contribution in [0.4, 0.5) is 14.5 Å². The van der Waals surface area contributed by atoms with Crippen molar-refractivity contribution >= 4 is 17.5 Å². The zero-order valence-corrected chi connectivity index (χ0v) is 13.2. The van der Waals surface area contributed by atoms with E-state index in [0.29, 0.717) is 18.2 Å². The quantitative estimate of drug-likeness (QED) is 0.792. The number of unbranched alkanes of at least 4 members (excludes halogenated alkanes) is 1. The molecule has 2 aromatic rings. The van der Waals surface area contributed by atoms with Crippen molar-refractivity contribution in [1.82, 2.24) is 5.32 Å². The topological polar surface area (TPSA) is 58.2 Å². The first-order valence-corrected chi connectivity index (χ1v) is 7.66. The van der Waals surface area contributed by atoms with Crippen LogP contribution >= 0.6 is 0 Å². The van der Waals surface area contributed by atoms with Crippen LogP contribution in [0.5, 0.6) is 0 Å². The number of anilines is 1. The van der Waals surface area contributed by atoms with Gasteiger partial charge < -0.3 is 10.6 Å². The third-order valence-corrected chi connectivity index (χ3v) is 3.40. The number of halogens is 2. The molecule has 2 rings (SSSR count). The summed E-state index contributed by atoms with van der Waals surface area (Å²) in [4.78, 5) is 23.9. The predicted molar refractivity (Wildman–Crippen MR) is 88.0 cm³/mol. The Hall–Kier alpha value is -2.76. The summed E-state index contributed by atoms with van der Waals surface area (Å²) < 4.78 is 26.4. The molecular formula is C18H18F2N2O2. The molecule has 0 fully saturated rings. The van der Waals surface area contributed by atoms with Gasteiger partial charge in [-0.05, 0) is 42.8 Å². The van der Waals surface area contributed by atoms with Crippen LogP contribution in [0.3, 0.4) is 0 Å². The molecule has 2 aromatic carbocycles. The first kappa shape index (κ1) is 17.6. The molecule has 126 valence electrons. The van der Waals surface area contributed by atoms with Gasteiger partial charge in [0, 0.05) is 23.7 Å². The molecule has 0 aliphatic carbocycles. The van der Waals surface area contributed by atoms with Gasteiger partial charge in [-0.15, -0.1) is 0 Å². The second-order valence-electron chi connectivity index (χ2n) is 5.27. The number of hydrogen-bond acceptors (Lipinski definition) is 2. The fourth-order valence-corrected chi connectivity index (χ4v) is 2.04. The van der Waals surface area contributed by atoms with Crippen molar-refractivity contribution in [3.63, 3.8) is 0 Å². The van der Waals surface area contributed by atoms with E-state index in [1.165, 1.54) is 24.3 Å². The minimum atomic E-state index is -0.852. The van der Waals surface area contributed by atoms with E-state index in [9.17, 15) is 18.4 Å². The summed E-state index contributed by atoms with van der Waals surface area (Å²) in [6.07, 6.45) is 1.88. The van der Waals surface area contributed by atoms with Crippen molar-refractivity contribution in [2.45, 2.75) is 19.8 Å². The smallest absolute Gasteiger partial charge is 0.255 e. The molecule has 2 N–H and O–H groups in total. The molecule has 0 bridgehead atoms. The lowest BCUT2D eigenvalue weighted by atomic mass is 10.1. The number of carbonyl (C=O) groups excluding carboxylic acids is 2. The molecule has 0 aliphatic rings. The largest absolute Gasteiger partial charge is 0.352 e. The average molecular weight is 332 g/mol. The van der Waals surface area contributed by atoms with Gasteiger partial charge >= 0.3 is 0 Å². The van der Waals surface area contributed by atoms with Crippen molar-refractivity contribution in [3.8, 4) is 0 Å². The highest BCUT2D eigenvalue weighted by atomic mass is 19.1. The van der Waals surface area contributed by atoms with Gasteiger partial charge in [0.15, 0.2) is 0 Å². The van der Waals surface area contributed by atoms with E-state index >= 15 is 0 Å². The minimum Gasteiger partial charge on any atom is -0.352 e. The Morgan fingerprint density at radius 2 is 1.58 bits per heavy atom. The first-order valence-electron chi connectivity index (χ1n) is 7.66. The van der Waals surface area contributed by atoms with Crippen LogP contribution < -0.4 is 10.6 Å². The summed E-state index contributed by atoms with van der Waals surface area (Å²) in [7, 11) is 0. The average Bonchev–Trinajstić information content (AvgIpc) is 2.57. The lowest BCUT2D eigenvalue weighted by Gasteiger charge is -2.08. The second kappa shape index (κ2) is 8.19. The standard InChI is InChI=1S/C18H18F2N2O2/c1-2-3-10-21-17(23)12-4-6-13(7-5-12)18(24)22-16-9-8-14(19)11-15(16)20/h4-9,11H,2-3,10H2,1H3,(H,21,23)(H,22,24). The number of carbonyl (C=O) groups is 2. The van der Waals surface area contributed by atoms with Gasteiger partial charge in [0.2, 0.25) is 0 Å². The van der Waals surface area contributed by atoms with E-state index in [0.717, 1.165) is 25.0 Å². The monoisotopic (exact) mass is 332 g/mol. The summed E-state index contributed by atoms with van der Waals surface area (Å²) >= 11 is 0. The van der Waals surface area contributed by atoms with E-state index in [2.05, 4.69) is 10.6 Å². The molecule has 4 nitrogen and oxygen atoms in total. The Bertz CT molecular complexity index is 730. The van der Waals surface area contributed by atoms with Crippen molar-refractivity contribution in [3.05, 3.63) is 65.2 Å². The molecule has 0 atom stereocenters. The Labute approximate surface area is 138 Å². The fourth-order valence-electron chi connectivity index (χ4n) is 2.04. The zero-order chi connectivity index (χ0) is 17.5. The van der Waals surface area contributed by atoms with Gasteiger partial charge in [-0.1, -0.05) is 13.3 Å². The van der Waals surface area contributed by atoms with Crippen molar-refractivity contribution in [2.24, 2.45) is 0 Å². The fraction of sp³-hybridized carbons (Fsp3) is 0.222. The van der Waals surface area contributed by atoms with Crippen LogP contribution in [0, 0.1) is 11.6 Å². The Kier molecular flexibility index (Phi) is 6.01. The van der Waals surface area contributed by atoms with Gasteiger partial charge in [0.1, 0.15) is 11.6 Å². The Balaban J connectivity index is 2.01. The maximum absolute atomic E-state index is 13.5. The third-order valence-electron chi connectivity index (χ3n) is 3.40. The SMILES string of the molecule is CCCCNC(=O)c1ccc(C(=O)Nc2ccc(F)cc2F)cc1. The second-order valence-corrected chi connectivity index (χ2v) is 5.27. The van der Waals surface area contributed by atoms with E-state index in [1.54, 1.807) is 0 Å². The van der Waals surface area contributed by atoms with Gasteiger partial charge in [0.05, 0.1) is 5.69 Å². The molecule has 24 heavy (non-hydrogen) atoms.